The van der Waals surface area contributed by atoms with Crippen LogP contribution < -0.4 is 5.73 Å². The highest BCUT2D eigenvalue weighted by Gasteiger charge is 2.08. The van der Waals surface area contributed by atoms with Crippen LogP contribution in [0.2, 0.25) is 0 Å². The monoisotopic (exact) mass is 265 g/mol. The molecule has 2 aromatic heterocycles. The van der Waals surface area contributed by atoms with Crippen molar-refractivity contribution in [3.63, 3.8) is 0 Å². The third kappa shape index (κ3) is 1.89. The molecule has 0 bridgehead atoms. The molecular formula is C9H8BrN5. The average Bonchev–Trinajstić information content (AvgIpc) is 2.74. The Balaban J connectivity index is 2.46. The quantitative estimate of drug-likeness (QED) is 0.895. The molecule has 2 N–H and O–H groups in total. The molecule has 15 heavy (non-hydrogen) atoms. The highest BCUT2D eigenvalue weighted by Crippen LogP contribution is 2.19. The van der Waals surface area contributed by atoms with E-state index >= 15 is 0 Å². The second-order valence-electron chi connectivity index (χ2n) is 2.84. The summed E-state index contributed by atoms with van der Waals surface area (Å²) in [6.45, 7) is 3.89. The van der Waals surface area contributed by atoms with E-state index in [4.69, 9.17) is 5.73 Å². The molecule has 0 aliphatic heterocycles. The van der Waals surface area contributed by atoms with Gasteiger partial charge in [-0.1, -0.05) is 6.58 Å². The molecule has 0 amide bonds. The fourth-order valence-electron chi connectivity index (χ4n) is 1.13. The van der Waals surface area contributed by atoms with E-state index in [0.717, 1.165) is 0 Å². The van der Waals surface area contributed by atoms with Crippen molar-refractivity contribution in [1.29, 1.82) is 0 Å². The summed E-state index contributed by atoms with van der Waals surface area (Å²) in [6.07, 6.45) is 6.60. The minimum atomic E-state index is 0.344. The predicted molar refractivity (Wildman–Crippen MR) is 60.8 cm³/mol. The van der Waals surface area contributed by atoms with E-state index < -0.39 is 0 Å². The first-order valence-electron chi connectivity index (χ1n) is 4.14. The molecule has 76 valence electrons. The van der Waals surface area contributed by atoms with Crippen molar-refractivity contribution >= 4 is 27.4 Å². The van der Waals surface area contributed by atoms with Crippen LogP contribution in [0.5, 0.6) is 0 Å². The van der Waals surface area contributed by atoms with Gasteiger partial charge >= 0.3 is 0 Å². The number of imidazole rings is 1. The summed E-state index contributed by atoms with van der Waals surface area (Å²) in [5, 5.41) is 0. The Kier molecular flexibility index (Phi) is 2.51. The Morgan fingerprint density at radius 1 is 1.53 bits per heavy atom. The highest BCUT2D eigenvalue weighted by molar-refractivity contribution is 9.10. The molecule has 0 atom stereocenters. The van der Waals surface area contributed by atoms with Gasteiger partial charge in [-0.15, -0.1) is 0 Å². The topological polar surface area (TPSA) is 69.6 Å². The smallest absolute Gasteiger partial charge is 0.151 e. The van der Waals surface area contributed by atoms with Crippen molar-refractivity contribution in [3.05, 3.63) is 41.8 Å². The van der Waals surface area contributed by atoms with Gasteiger partial charge in [0.15, 0.2) is 5.82 Å². The van der Waals surface area contributed by atoms with Gasteiger partial charge in [-0.25, -0.2) is 15.0 Å². The highest BCUT2D eigenvalue weighted by atomic mass is 79.9. The number of hydrogen-bond donors (Lipinski definition) is 1. The van der Waals surface area contributed by atoms with Crippen LogP contribution in [0.25, 0.3) is 5.70 Å². The van der Waals surface area contributed by atoms with Crippen LogP contribution in [0.1, 0.15) is 5.69 Å². The molecule has 5 nitrogen and oxygen atoms in total. The van der Waals surface area contributed by atoms with E-state index in [1.807, 2.05) is 0 Å². The van der Waals surface area contributed by atoms with E-state index in [1.54, 1.807) is 29.5 Å². The molecule has 0 aliphatic rings. The minimum Gasteiger partial charge on any atom is -0.382 e. The van der Waals surface area contributed by atoms with Crippen LogP contribution >= 0.6 is 15.9 Å². The first-order valence-corrected chi connectivity index (χ1v) is 4.93. The van der Waals surface area contributed by atoms with Gasteiger partial charge in [0.05, 0.1) is 18.2 Å². The largest absolute Gasteiger partial charge is 0.382 e. The van der Waals surface area contributed by atoms with Crippen LogP contribution in [-0.4, -0.2) is 19.5 Å². The number of rotatable bonds is 2. The van der Waals surface area contributed by atoms with Gasteiger partial charge in [0.25, 0.3) is 0 Å². The molecule has 0 saturated heterocycles. The lowest BCUT2D eigenvalue weighted by molar-refractivity contribution is 1.04. The molecule has 0 aromatic carbocycles. The fraction of sp³-hybridized carbons (Fsp3) is 0. The SMILES string of the molecule is C=C(c1nc(Br)cnc1N)n1ccnc1. The van der Waals surface area contributed by atoms with Crippen molar-refractivity contribution in [2.24, 2.45) is 0 Å². The summed E-state index contributed by atoms with van der Waals surface area (Å²) in [6, 6.07) is 0. The summed E-state index contributed by atoms with van der Waals surface area (Å²) in [4.78, 5) is 12.1. The first kappa shape index (κ1) is 9.85. The Morgan fingerprint density at radius 2 is 2.33 bits per heavy atom. The molecule has 0 unspecified atom stereocenters. The van der Waals surface area contributed by atoms with Crippen LogP contribution in [0.3, 0.4) is 0 Å². The molecule has 2 heterocycles. The third-order valence-electron chi connectivity index (χ3n) is 1.86. The van der Waals surface area contributed by atoms with E-state index in [9.17, 15) is 0 Å². The maximum atomic E-state index is 5.71. The van der Waals surface area contributed by atoms with Gasteiger partial charge in [0.1, 0.15) is 10.3 Å². The van der Waals surface area contributed by atoms with E-state index in [-0.39, 0.29) is 0 Å². The second-order valence-corrected chi connectivity index (χ2v) is 3.66. The summed E-state index contributed by atoms with van der Waals surface area (Å²) in [7, 11) is 0. The van der Waals surface area contributed by atoms with Crippen molar-refractivity contribution in [3.8, 4) is 0 Å². The van der Waals surface area contributed by atoms with Crippen molar-refractivity contribution in [1.82, 2.24) is 19.5 Å². The van der Waals surface area contributed by atoms with Gasteiger partial charge in [-0.3, -0.25) is 0 Å². The molecule has 0 spiro atoms. The normalized spacial score (nSPS) is 10.2. The Labute approximate surface area is 94.8 Å². The lowest BCUT2D eigenvalue weighted by Crippen LogP contribution is -2.04. The second kappa shape index (κ2) is 3.82. The molecule has 2 rings (SSSR count). The van der Waals surface area contributed by atoms with Crippen molar-refractivity contribution < 1.29 is 0 Å². The molecule has 0 fully saturated rings. The van der Waals surface area contributed by atoms with Crippen LogP contribution in [0.15, 0.2) is 36.1 Å². The van der Waals surface area contributed by atoms with E-state index in [2.05, 4.69) is 37.5 Å². The van der Waals surface area contributed by atoms with Gasteiger partial charge in [-0.2, -0.15) is 0 Å². The molecule has 2 aromatic rings. The molecule has 6 heteroatoms. The fourth-order valence-corrected chi connectivity index (χ4v) is 1.41. The summed E-state index contributed by atoms with van der Waals surface area (Å²) >= 11 is 3.23. The Hall–Kier alpha value is -1.69. The average molecular weight is 266 g/mol. The number of nitrogens with two attached hydrogens (primary N) is 1. The van der Waals surface area contributed by atoms with Crippen molar-refractivity contribution in [2.45, 2.75) is 0 Å². The maximum absolute atomic E-state index is 5.71. The summed E-state index contributed by atoms with van der Waals surface area (Å²) in [5.41, 5.74) is 6.89. The molecule has 0 radical (unpaired) electrons. The number of nitrogen functional groups attached to an aromatic ring is 1. The number of aromatic nitrogens is 4. The standard InChI is InChI=1S/C9H8BrN5/c1-6(15-3-2-12-5-15)8-9(11)13-4-7(10)14-8/h2-5H,1H2,(H2,11,13). The zero-order valence-electron chi connectivity index (χ0n) is 7.76. The molecular weight excluding hydrogens is 258 g/mol. The van der Waals surface area contributed by atoms with E-state index in [0.29, 0.717) is 21.8 Å². The lowest BCUT2D eigenvalue weighted by Gasteiger charge is -2.07. The van der Waals surface area contributed by atoms with Gasteiger partial charge < -0.3 is 10.3 Å². The number of nitrogens with zero attached hydrogens (tertiary/aromatic N) is 4. The van der Waals surface area contributed by atoms with Crippen LogP contribution in [-0.2, 0) is 0 Å². The van der Waals surface area contributed by atoms with Gasteiger partial charge in [-0.05, 0) is 15.9 Å². The first-order chi connectivity index (χ1) is 7.18. The summed E-state index contributed by atoms with van der Waals surface area (Å²) in [5.74, 6) is 0.344. The molecule has 0 aliphatic carbocycles. The Bertz CT molecular complexity index is 491. The van der Waals surface area contributed by atoms with Crippen LogP contribution in [0.4, 0.5) is 5.82 Å². The number of hydrogen-bond acceptors (Lipinski definition) is 4. The zero-order chi connectivity index (χ0) is 10.8. The van der Waals surface area contributed by atoms with Crippen LogP contribution in [0, 0.1) is 0 Å². The summed E-state index contributed by atoms with van der Waals surface area (Å²) < 4.78 is 2.35. The predicted octanol–water partition coefficient (Wildman–Crippen LogP) is 1.54. The van der Waals surface area contributed by atoms with Crippen molar-refractivity contribution in [2.75, 3.05) is 5.73 Å². The van der Waals surface area contributed by atoms with Gasteiger partial charge in [0.2, 0.25) is 0 Å². The van der Waals surface area contributed by atoms with Gasteiger partial charge in [0, 0.05) is 12.4 Å². The molecule has 0 saturated carbocycles. The van der Waals surface area contributed by atoms with E-state index in [1.165, 1.54) is 0 Å². The minimum absolute atomic E-state index is 0.344. The maximum Gasteiger partial charge on any atom is 0.151 e. The number of anilines is 1. The third-order valence-corrected chi connectivity index (χ3v) is 2.24. The lowest BCUT2D eigenvalue weighted by atomic mass is 10.3. The zero-order valence-corrected chi connectivity index (χ0v) is 9.35. The number of halogens is 1. The Morgan fingerprint density at radius 3 is 3.00 bits per heavy atom.